The summed E-state index contributed by atoms with van der Waals surface area (Å²) in [4.78, 5) is 0. The van der Waals surface area contributed by atoms with Gasteiger partial charge in [-0.15, -0.1) is 0 Å². The Hall–Kier alpha value is -0.520. The maximum atomic E-state index is 3.75. The van der Waals surface area contributed by atoms with Crippen molar-refractivity contribution >= 4 is 0 Å². The first kappa shape index (κ1) is 9.48. The summed E-state index contributed by atoms with van der Waals surface area (Å²) in [6, 6.07) is 0. The predicted octanol–water partition coefficient (Wildman–Crippen LogP) is 3.70. The monoisotopic (exact) mass is 138 g/mol. The minimum atomic E-state index is 1.17. The molecule has 0 rings (SSSR count). The Balaban J connectivity index is 4.13. The molecule has 0 saturated carbocycles. The van der Waals surface area contributed by atoms with Gasteiger partial charge in [-0.3, -0.25) is 0 Å². The van der Waals surface area contributed by atoms with Crippen molar-refractivity contribution in [1.82, 2.24) is 0 Å². The summed E-state index contributed by atoms with van der Waals surface area (Å²) in [5, 5.41) is 0. The van der Waals surface area contributed by atoms with E-state index in [1.54, 1.807) is 5.57 Å². The van der Waals surface area contributed by atoms with Gasteiger partial charge in [-0.25, -0.2) is 0 Å². The van der Waals surface area contributed by atoms with Gasteiger partial charge in [-0.2, -0.15) is 0 Å². The highest BCUT2D eigenvalue weighted by atomic mass is 14.0. The van der Waals surface area contributed by atoms with Gasteiger partial charge in [-0.1, -0.05) is 44.1 Å². The molecule has 0 spiro atoms. The molecule has 0 aromatic rings. The highest BCUT2D eigenvalue weighted by Crippen LogP contribution is 2.14. The van der Waals surface area contributed by atoms with E-state index >= 15 is 0 Å². The second-order valence-corrected chi connectivity index (χ2v) is 2.59. The lowest BCUT2D eigenvalue weighted by Gasteiger charge is -2.04. The zero-order valence-electron chi connectivity index (χ0n) is 7.41. The van der Waals surface area contributed by atoms with Gasteiger partial charge in [0, 0.05) is 0 Å². The first-order valence-electron chi connectivity index (χ1n) is 4.07. The summed E-state index contributed by atoms with van der Waals surface area (Å²) < 4.78 is 0. The highest BCUT2D eigenvalue weighted by molar-refractivity contribution is 5.21. The van der Waals surface area contributed by atoms with Crippen LogP contribution in [0.3, 0.4) is 0 Å². The van der Waals surface area contributed by atoms with Crippen LogP contribution in [-0.2, 0) is 0 Å². The van der Waals surface area contributed by atoms with Crippen molar-refractivity contribution < 1.29 is 0 Å². The Morgan fingerprint density at radius 2 is 2.00 bits per heavy atom. The van der Waals surface area contributed by atoms with Crippen molar-refractivity contribution in [3.63, 3.8) is 0 Å². The van der Waals surface area contributed by atoms with Gasteiger partial charge in [0.2, 0.25) is 0 Å². The van der Waals surface area contributed by atoms with Crippen LogP contribution < -0.4 is 0 Å². The molecule has 0 aliphatic heterocycles. The third-order valence-electron chi connectivity index (χ3n) is 1.84. The van der Waals surface area contributed by atoms with Gasteiger partial charge in [0.15, 0.2) is 0 Å². The van der Waals surface area contributed by atoms with Crippen LogP contribution in [0, 0.1) is 0 Å². The Bertz CT molecular complexity index is 129. The fourth-order valence-electron chi connectivity index (χ4n) is 1.10. The molecule has 0 aliphatic rings. The molecule has 58 valence electrons. The van der Waals surface area contributed by atoms with Crippen LogP contribution in [0.15, 0.2) is 23.8 Å². The lowest BCUT2D eigenvalue weighted by atomic mass is 10.0. The maximum Gasteiger partial charge on any atom is -0.0317 e. The second-order valence-electron chi connectivity index (χ2n) is 2.59. The lowest BCUT2D eigenvalue weighted by molar-refractivity contribution is 0.847. The molecule has 0 atom stereocenters. The van der Waals surface area contributed by atoms with Gasteiger partial charge in [0.1, 0.15) is 0 Å². The molecule has 0 amide bonds. The van der Waals surface area contributed by atoms with Crippen LogP contribution in [0.4, 0.5) is 0 Å². The molecule has 0 aromatic heterocycles. The molecule has 0 unspecified atom stereocenters. The van der Waals surface area contributed by atoms with Gasteiger partial charge in [-0.05, 0) is 19.8 Å². The van der Waals surface area contributed by atoms with Gasteiger partial charge in [0.05, 0.1) is 0 Å². The van der Waals surface area contributed by atoms with Crippen LogP contribution in [0.5, 0.6) is 0 Å². The summed E-state index contributed by atoms with van der Waals surface area (Å²) in [6.45, 7) is 10.3. The van der Waals surface area contributed by atoms with Crippen molar-refractivity contribution in [2.75, 3.05) is 0 Å². The fraction of sp³-hybridized carbons (Fsp3) is 0.600. The van der Waals surface area contributed by atoms with E-state index in [2.05, 4.69) is 27.4 Å². The molecule has 0 fully saturated rings. The quantitative estimate of drug-likeness (QED) is 0.520. The molecule has 0 heteroatoms. The molecule has 10 heavy (non-hydrogen) atoms. The van der Waals surface area contributed by atoms with E-state index in [0.717, 1.165) is 0 Å². The minimum absolute atomic E-state index is 1.17. The molecule has 0 aliphatic carbocycles. The van der Waals surface area contributed by atoms with E-state index in [4.69, 9.17) is 0 Å². The molecule has 0 nitrogen and oxygen atoms in total. The van der Waals surface area contributed by atoms with E-state index in [-0.39, 0.29) is 0 Å². The number of allylic oxidation sites excluding steroid dienone is 3. The zero-order chi connectivity index (χ0) is 7.98. The number of hydrogen-bond donors (Lipinski definition) is 0. The van der Waals surface area contributed by atoms with Crippen LogP contribution in [0.2, 0.25) is 0 Å². The highest BCUT2D eigenvalue weighted by Gasteiger charge is 1.94. The molecule has 0 saturated heterocycles. The normalized spacial score (nSPS) is 12.7. The van der Waals surface area contributed by atoms with Gasteiger partial charge in [0.25, 0.3) is 0 Å². The van der Waals surface area contributed by atoms with Gasteiger partial charge < -0.3 is 0 Å². The van der Waals surface area contributed by atoms with E-state index in [1.165, 1.54) is 24.8 Å². The minimum Gasteiger partial charge on any atom is -0.0988 e. The first-order chi connectivity index (χ1) is 4.76. The van der Waals surface area contributed by atoms with Crippen molar-refractivity contribution in [3.8, 4) is 0 Å². The summed E-state index contributed by atoms with van der Waals surface area (Å²) >= 11 is 0. The van der Waals surface area contributed by atoms with E-state index in [9.17, 15) is 0 Å². The summed E-state index contributed by atoms with van der Waals surface area (Å²) in [5.74, 6) is 0. The topological polar surface area (TPSA) is 0 Å². The Morgan fingerprint density at radius 3 is 2.30 bits per heavy atom. The molecule has 0 radical (unpaired) electrons. The van der Waals surface area contributed by atoms with Crippen LogP contribution >= 0.6 is 0 Å². The van der Waals surface area contributed by atoms with Crippen molar-refractivity contribution in [2.24, 2.45) is 0 Å². The van der Waals surface area contributed by atoms with E-state index in [0.29, 0.717) is 0 Å². The van der Waals surface area contributed by atoms with Crippen LogP contribution in [-0.4, -0.2) is 0 Å². The summed E-state index contributed by atoms with van der Waals surface area (Å²) in [6.07, 6.45) is 5.60. The third kappa shape index (κ3) is 2.86. The molecule has 0 heterocycles. The van der Waals surface area contributed by atoms with Crippen LogP contribution in [0.1, 0.15) is 40.0 Å². The molecule has 0 bridgehead atoms. The van der Waals surface area contributed by atoms with Gasteiger partial charge >= 0.3 is 0 Å². The van der Waals surface area contributed by atoms with Crippen molar-refractivity contribution in [3.05, 3.63) is 23.8 Å². The Morgan fingerprint density at radius 1 is 1.40 bits per heavy atom. The molecular formula is C10H18. The molecule has 0 aromatic carbocycles. The van der Waals surface area contributed by atoms with Crippen LogP contribution in [0.25, 0.3) is 0 Å². The molecule has 0 N–H and O–H groups in total. The SMILES string of the molecule is C=C/C(C)=C(\CC)CCC. The predicted molar refractivity (Wildman–Crippen MR) is 48.1 cm³/mol. The average Bonchev–Trinajstić information content (AvgIpc) is 1.99. The maximum absolute atomic E-state index is 3.75. The largest absolute Gasteiger partial charge is 0.0988 e. The first-order valence-corrected chi connectivity index (χ1v) is 4.07. The standard InChI is InChI=1S/C10H18/c1-5-8-10(7-3)9(4)6-2/h6H,2,5,7-8H2,1,3-4H3/b10-9+. The summed E-state index contributed by atoms with van der Waals surface area (Å²) in [7, 11) is 0. The second kappa shape index (κ2) is 5.28. The Kier molecular flexibility index (Phi) is 5.00. The smallest absolute Gasteiger partial charge is 0.0317 e. The third-order valence-corrected chi connectivity index (χ3v) is 1.84. The summed E-state index contributed by atoms with van der Waals surface area (Å²) in [5.41, 5.74) is 2.92. The van der Waals surface area contributed by atoms with E-state index in [1.807, 2.05) is 6.08 Å². The number of rotatable bonds is 4. The average molecular weight is 138 g/mol. The Labute approximate surface area is 64.6 Å². The van der Waals surface area contributed by atoms with Crippen molar-refractivity contribution in [2.45, 2.75) is 40.0 Å². The van der Waals surface area contributed by atoms with Crippen molar-refractivity contribution in [1.29, 1.82) is 0 Å². The fourth-order valence-corrected chi connectivity index (χ4v) is 1.10. The van der Waals surface area contributed by atoms with E-state index < -0.39 is 0 Å². The zero-order valence-corrected chi connectivity index (χ0v) is 7.41. The lowest BCUT2D eigenvalue weighted by Crippen LogP contribution is -1.84. The molecular weight excluding hydrogens is 120 g/mol. The number of hydrogen-bond acceptors (Lipinski definition) is 0.